The fourth-order valence-corrected chi connectivity index (χ4v) is 2.06. The summed E-state index contributed by atoms with van der Waals surface area (Å²) in [5.41, 5.74) is 7.37. The third kappa shape index (κ3) is 4.10. The first-order valence-corrected chi connectivity index (χ1v) is 6.65. The lowest BCUT2D eigenvalue weighted by atomic mass is 10.2. The normalized spacial score (nSPS) is 10.2. The zero-order valence-electron chi connectivity index (χ0n) is 11.4. The zero-order valence-corrected chi connectivity index (χ0v) is 12.2. The van der Waals surface area contributed by atoms with Crippen LogP contribution in [0.15, 0.2) is 42.5 Å². The number of hydrogen-bond donors (Lipinski definition) is 2. The molecule has 2 rings (SSSR count). The number of carbonyl (C=O) groups is 1. The fourth-order valence-electron chi connectivity index (χ4n) is 1.82. The molecule has 0 aliphatic heterocycles. The molecule has 1 amide bonds. The molecule has 0 aliphatic carbocycles. The molecular weight excluding hydrogens is 293 g/mol. The molecule has 3 N–H and O–H groups in total. The van der Waals surface area contributed by atoms with Gasteiger partial charge in [-0.3, -0.25) is 4.79 Å². The molecule has 0 heterocycles. The van der Waals surface area contributed by atoms with Gasteiger partial charge in [-0.15, -0.1) is 0 Å². The molecule has 0 atom stereocenters. The quantitative estimate of drug-likeness (QED) is 0.853. The van der Waals surface area contributed by atoms with Crippen molar-refractivity contribution in [3.63, 3.8) is 0 Å². The number of likely N-dealkylation sites (N-methyl/N-ethyl adjacent to an activating group) is 1. The van der Waals surface area contributed by atoms with Gasteiger partial charge in [0.1, 0.15) is 5.82 Å². The van der Waals surface area contributed by atoms with Crippen molar-refractivity contribution in [2.75, 3.05) is 29.5 Å². The Morgan fingerprint density at radius 3 is 2.57 bits per heavy atom. The summed E-state index contributed by atoms with van der Waals surface area (Å²) in [5, 5.41) is 3.09. The van der Waals surface area contributed by atoms with Crippen molar-refractivity contribution in [1.29, 1.82) is 0 Å². The van der Waals surface area contributed by atoms with E-state index in [0.29, 0.717) is 16.4 Å². The number of halogens is 2. The molecule has 2 aromatic carbocycles. The Balaban J connectivity index is 1.99. The van der Waals surface area contributed by atoms with Crippen LogP contribution in [0, 0.1) is 5.82 Å². The second-order valence-electron chi connectivity index (χ2n) is 4.62. The average molecular weight is 308 g/mol. The Labute approximate surface area is 127 Å². The second-order valence-corrected chi connectivity index (χ2v) is 5.03. The van der Waals surface area contributed by atoms with Gasteiger partial charge in [0.25, 0.3) is 0 Å². The highest BCUT2D eigenvalue weighted by Gasteiger charge is 2.10. The standard InChI is InChI=1S/C15H15ClFN3O/c1-20(12-5-2-10(17)3-6-12)9-15(21)19-14-7-4-11(18)8-13(14)16/h2-8H,9,18H2,1H3,(H,19,21). The second kappa shape index (κ2) is 6.45. The highest BCUT2D eigenvalue weighted by Crippen LogP contribution is 2.24. The summed E-state index contributed by atoms with van der Waals surface area (Å²) in [7, 11) is 1.75. The maximum atomic E-state index is 12.9. The maximum absolute atomic E-state index is 12.9. The van der Waals surface area contributed by atoms with Gasteiger partial charge >= 0.3 is 0 Å². The van der Waals surface area contributed by atoms with Gasteiger partial charge in [-0.25, -0.2) is 4.39 Å². The van der Waals surface area contributed by atoms with Crippen molar-refractivity contribution < 1.29 is 9.18 Å². The van der Waals surface area contributed by atoms with Gasteiger partial charge in [0.2, 0.25) is 5.91 Å². The number of nitrogens with two attached hydrogens (primary N) is 1. The molecule has 2 aromatic rings. The molecule has 0 spiro atoms. The van der Waals surface area contributed by atoms with E-state index < -0.39 is 0 Å². The van der Waals surface area contributed by atoms with Crippen LogP contribution in [-0.4, -0.2) is 19.5 Å². The highest BCUT2D eigenvalue weighted by atomic mass is 35.5. The maximum Gasteiger partial charge on any atom is 0.243 e. The molecule has 0 unspecified atom stereocenters. The van der Waals surface area contributed by atoms with E-state index in [2.05, 4.69) is 5.32 Å². The predicted molar refractivity (Wildman–Crippen MR) is 84.2 cm³/mol. The van der Waals surface area contributed by atoms with Crippen molar-refractivity contribution in [1.82, 2.24) is 0 Å². The summed E-state index contributed by atoms with van der Waals surface area (Å²) >= 11 is 5.99. The molecule has 0 saturated heterocycles. The summed E-state index contributed by atoms with van der Waals surface area (Å²) in [5.74, 6) is -0.543. The number of benzene rings is 2. The van der Waals surface area contributed by atoms with E-state index in [4.69, 9.17) is 17.3 Å². The van der Waals surface area contributed by atoms with Crippen LogP contribution in [0.3, 0.4) is 0 Å². The number of carbonyl (C=O) groups excluding carboxylic acids is 1. The minimum absolute atomic E-state index is 0.117. The number of nitrogens with zero attached hydrogens (tertiary/aromatic N) is 1. The molecule has 0 bridgehead atoms. The van der Waals surface area contributed by atoms with Crippen LogP contribution in [0.1, 0.15) is 0 Å². The number of hydrogen-bond acceptors (Lipinski definition) is 3. The number of rotatable bonds is 4. The summed E-state index contributed by atoms with van der Waals surface area (Å²) in [4.78, 5) is 13.7. The Kier molecular flexibility index (Phi) is 4.65. The number of anilines is 3. The minimum atomic E-state index is -0.315. The minimum Gasteiger partial charge on any atom is -0.399 e. The van der Waals surface area contributed by atoms with Gasteiger partial charge in [-0.05, 0) is 42.5 Å². The smallest absolute Gasteiger partial charge is 0.243 e. The molecule has 0 fully saturated rings. The van der Waals surface area contributed by atoms with Gasteiger partial charge in [-0.1, -0.05) is 11.6 Å². The van der Waals surface area contributed by atoms with E-state index in [-0.39, 0.29) is 18.3 Å². The van der Waals surface area contributed by atoms with Crippen LogP contribution < -0.4 is 16.0 Å². The summed E-state index contributed by atoms with van der Waals surface area (Å²) in [6.45, 7) is 0.117. The molecule has 0 aromatic heterocycles. The highest BCUT2D eigenvalue weighted by molar-refractivity contribution is 6.34. The van der Waals surface area contributed by atoms with Crippen LogP contribution in [-0.2, 0) is 4.79 Å². The van der Waals surface area contributed by atoms with Crippen molar-refractivity contribution in [3.05, 3.63) is 53.3 Å². The van der Waals surface area contributed by atoms with Crippen molar-refractivity contribution in [2.24, 2.45) is 0 Å². The number of nitrogen functional groups attached to an aromatic ring is 1. The van der Waals surface area contributed by atoms with E-state index in [0.717, 1.165) is 5.69 Å². The molecule has 21 heavy (non-hydrogen) atoms. The largest absolute Gasteiger partial charge is 0.399 e. The van der Waals surface area contributed by atoms with Crippen molar-refractivity contribution in [2.45, 2.75) is 0 Å². The fraction of sp³-hybridized carbons (Fsp3) is 0.133. The molecule has 6 heteroatoms. The van der Waals surface area contributed by atoms with Crippen LogP contribution >= 0.6 is 11.6 Å². The van der Waals surface area contributed by atoms with Crippen LogP contribution in [0.2, 0.25) is 5.02 Å². The SMILES string of the molecule is CN(CC(=O)Nc1ccc(N)cc1Cl)c1ccc(F)cc1. The zero-order chi connectivity index (χ0) is 15.4. The topological polar surface area (TPSA) is 58.4 Å². The van der Waals surface area contributed by atoms with Gasteiger partial charge in [0.15, 0.2) is 0 Å². The third-order valence-electron chi connectivity index (χ3n) is 2.92. The molecule has 0 radical (unpaired) electrons. The molecule has 0 saturated carbocycles. The lowest BCUT2D eigenvalue weighted by Crippen LogP contribution is -2.30. The Morgan fingerprint density at radius 2 is 1.95 bits per heavy atom. The molecule has 0 aliphatic rings. The van der Waals surface area contributed by atoms with Crippen molar-refractivity contribution in [3.8, 4) is 0 Å². The van der Waals surface area contributed by atoms with Crippen molar-refractivity contribution >= 4 is 34.6 Å². The molecular formula is C15H15ClFN3O. The van der Waals surface area contributed by atoms with Gasteiger partial charge in [0, 0.05) is 18.4 Å². The summed E-state index contributed by atoms with van der Waals surface area (Å²) < 4.78 is 12.9. The van der Waals surface area contributed by atoms with Crippen LogP contribution in [0.25, 0.3) is 0 Å². The Bertz CT molecular complexity index is 646. The molecule has 110 valence electrons. The first-order chi connectivity index (χ1) is 9.95. The average Bonchev–Trinajstić information content (AvgIpc) is 2.42. The van der Waals surface area contributed by atoms with E-state index in [9.17, 15) is 9.18 Å². The number of amides is 1. The predicted octanol–water partition coefficient (Wildman–Crippen LogP) is 3.14. The van der Waals surface area contributed by atoms with E-state index >= 15 is 0 Å². The van der Waals surface area contributed by atoms with Gasteiger partial charge < -0.3 is 16.0 Å². The summed E-state index contributed by atoms with van der Waals surface area (Å²) in [6.07, 6.45) is 0. The third-order valence-corrected chi connectivity index (χ3v) is 3.23. The lowest BCUT2D eigenvalue weighted by Gasteiger charge is -2.19. The lowest BCUT2D eigenvalue weighted by molar-refractivity contribution is -0.114. The Morgan fingerprint density at radius 1 is 1.29 bits per heavy atom. The van der Waals surface area contributed by atoms with Crippen LogP contribution in [0.4, 0.5) is 21.5 Å². The first kappa shape index (κ1) is 15.1. The van der Waals surface area contributed by atoms with Crippen LogP contribution in [0.5, 0.6) is 0 Å². The van der Waals surface area contributed by atoms with Gasteiger partial charge in [0.05, 0.1) is 17.3 Å². The molecule has 4 nitrogen and oxygen atoms in total. The van der Waals surface area contributed by atoms with E-state index in [1.54, 1.807) is 42.3 Å². The van der Waals surface area contributed by atoms with E-state index in [1.165, 1.54) is 12.1 Å². The first-order valence-electron chi connectivity index (χ1n) is 6.27. The number of nitrogens with one attached hydrogen (secondary N) is 1. The van der Waals surface area contributed by atoms with E-state index in [1.807, 2.05) is 0 Å². The monoisotopic (exact) mass is 307 g/mol. The van der Waals surface area contributed by atoms with Gasteiger partial charge in [-0.2, -0.15) is 0 Å². The summed E-state index contributed by atoms with van der Waals surface area (Å²) in [6, 6.07) is 10.8. The Hall–Kier alpha value is -2.27.